The van der Waals surface area contributed by atoms with Crippen molar-refractivity contribution < 1.29 is 13.5 Å². The van der Waals surface area contributed by atoms with Gasteiger partial charge in [0.05, 0.1) is 6.61 Å². The standard InChI is InChI=1S/C10H20F2N2O/c1-8-6-14(9(2)5-13-8)3-4-15-7-10(11)12/h8-10,13H,3-7H2,1-2H3. The van der Waals surface area contributed by atoms with E-state index in [-0.39, 0.29) is 0 Å². The van der Waals surface area contributed by atoms with Crippen LogP contribution in [0.4, 0.5) is 8.78 Å². The van der Waals surface area contributed by atoms with Crippen LogP contribution in [0.3, 0.4) is 0 Å². The minimum absolute atomic E-state index is 0.390. The van der Waals surface area contributed by atoms with Crippen molar-refractivity contribution in [3.8, 4) is 0 Å². The van der Waals surface area contributed by atoms with E-state index in [2.05, 4.69) is 24.1 Å². The van der Waals surface area contributed by atoms with E-state index in [1.807, 2.05) is 0 Å². The number of nitrogens with one attached hydrogen (secondary N) is 1. The first-order valence-corrected chi connectivity index (χ1v) is 5.43. The van der Waals surface area contributed by atoms with Crippen LogP contribution in [-0.4, -0.2) is 56.3 Å². The molecule has 1 heterocycles. The molecule has 1 N–H and O–H groups in total. The van der Waals surface area contributed by atoms with Gasteiger partial charge in [-0.3, -0.25) is 4.90 Å². The molecule has 1 fully saturated rings. The molecule has 90 valence electrons. The van der Waals surface area contributed by atoms with Crippen LogP contribution in [0.25, 0.3) is 0 Å². The molecular weight excluding hydrogens is 202 g/mol. The molecule has 1 saturated heterocycles. The van der Waals surface area contributed by atoms with Gasteiger partial charge in [0.15, 0.2) is 0 Å². The van der Waals surface area contributed by atoms with Crippen molar-refractivity contribution >= 4 is 0 Å². The predicted octanol–water partition coefficient (Wildman–Crippen LogP) is 0.950. The van der Waals surface area contributed by atoms with Crippen molar-refractivity contribution in [2.45, 2.75) is 32.4 Å². The molecule has 5 heteroatoms. The van der Waals surface area contributed by atoms with Crippen LogP contribution >= 0.6 is 0 Å². The van der Waals surface area contributed by atoms with Gasteiger partial charge in [-0.2, -0.15) is 0 Å². The van der Waals surface area contributed by atoms with Gasteiger partial charge >= 0.3 is 0 Å². The second-order valence-electron chi connectivity index (χ2n) is 4.12. The molecular formula is C10H20F2N2O. The van der Waals surface area contributed by atoms with E-state index in [1.165, 1.54) is 0 Å². The van der Waals surface area contributed by atoms with Gasteiger partial charge in [-0.25, -0.2) is 8.78 Å². The molecule has 1 aliphatic rings. The third-order valence-electron chi connectivity index (χ3n) is 2.66. The van der Waals surface area contributed by atoms with Gasteiger partial charge in [0, 0.05) is 31.7 Å². The SMILES string of the molecule is CC1CN(CCOCC(F)F)C(C)CN1. The molecule has 0 aromatic carbocycles. The summed E-state index contributed by atoms with van der Waals surface area (Å²) in [5, 5.41) is 3.37. The molecule has 1 aliphatic heterocycles. The van der Waals surface area contributed by atoms with Crippen LogP contribution in [0.2, 0.25) is 0 Å². The molecule has 0 spiro atoms. The van der Waals surface area contributed by atoms with E-state index >= 15 is 0 Å². The summed E-state index contributed by atoms with van der Waals surface area (Å²) < 4.78 is 28.5. The summed E-state index contributed by atoms with van der Waals surface area (Å²) in [5.41, 5.74) is 0. The monoisotopic (exact) mass is 222 g/mol. The smallest absolute Gasteiger partial charge is 0.261 e. The molecule has 0 aromatic rings. The van der Waals surface area contributed by atoms with Gasteiger partial charge in [-0.1, -0.05) is 0 Å². The fraction of sp³-hybridized carbons (Fsp3) is 1.00. The van der Waals surface area contributed by atoms with E-state index in [0.29, 0.717) is 18.7 Å². The summed E-state index contributed by atoms with van der Waals surface area (Å²) in [6, 6.07) is 0.924. The average Bonchev–Trinajstić information content (AvgIpc) is 2.17. The Balaban J connectivity index is 2.13. The first-order chi connectivity index (χ1) is 7.09. The van der Waals surface area contributed by atoms with Crippen LogP contribution in [0, 0.1) is 0 Å². The van der Waals surface area contributed by atoms with Crippen molar-refractivity contribution in [3.05, 3.63) is 0 Å². The maximum absolute atomic E-state index is 11.8. The van der Waals surface area contributed by atoms with Crippen molar-refractivity contribution in [2.24, 2.45) is 0 Å². The minimum atomic E-state index is -2.36. The molecule has 15 heavy (non-hydrogen) atoms. The van der Waals surface area contributed by atoms with Gasteiger partial charge in [0.1, 0.15) is 6.61 Å². The minimum Gasteiger partial charge on any atom is -0.374 e. The van der Waals surface area contributed by atoms with Crippen LogP contribution in [-0.2, 0) is 4.74 Å². The van der Waals surface area contributed by atoms with Gasteiger partial charge in [0.2, 0.25) is 0 Å². The third-order valence-corrected chi connectivity index (χ3v) is 2.66. The van der Waals surface area contributed by atoms with E-state index in [9.17, 15) is 8.78 Å². The number of nitrogens with zero attached hydrogens (tertiary/aromatic N) is 1. The number of piperazine rings is 1. The molecule has 0 aliphatic carbocycles. The normalized spacial score (nSPS) is 28.6. The van der Waals surface area contributed by atoms with Gasteiger partial charge in [0.25, 0.3) is 6.43 Å². The van der Waals surface area contributed by atoms with E-state index < -0.39 is 13.0 Å². The van der Waals surface area contributed by atoms with Gasteiger partial charge in [-0.05, 0) is 13.8 Å². The number of hydrogen-bond donors (Lipinski definition) is 1. The highest BCUT2D eigenvalue weighted by atomic mass is 19.3. The van der Waals surface area contributed by atoms with E-state index in [4.69, 9.17) is 4.74 Å². The molecule has 1 rings (SSSR count). The molecule has 3 nitrogen and oxygen atoms in total. The fourth-order valence-electron chi connectivity index (χ4n) is 1.76. The molecule has 0 amide bonds. The number of halogens is 2. The lowest BCUT2D eigenvalue weighted by atomic mass is 10.1. The molecule has 0 aromatic heterocycles. The number of hydrogen-bond acceptors (Lipinski definition) is 3. The summed E-state index contributed by atoms with van der Waals surface area (Å²) in [6.07, 6.45) is -2.36. The van der Waals surface area contributed by atoms with Crippen molar-refractivity contribution in [1.29, 1.82) is 0 Å². The Morgan fingerprint density at radius 3 is 2.87 bits per heavy atom. The van der Waals surface area contributed by atoms with Gasteiger partial charge in [-0.15, -0.1) is 0 Å². The highest BCUT2D eigenvalue weighted by molar-refractivity contribution is 4.80. The second-order valence-corrected chi connectivity index (χ2v) is 4.12. The Morgan fingerprint density at radius 1 is 1.47 bits per heavy atom. The third kappa shape index (κ3) is 4.86. The van der Waals surface area contributed by atoms with E-state index in [1.54, 1.807) is 0 Å². The Bertz CT molecular complexity index is 181. The lowest BCUT2D eigenvalue weighted by molar-refractivity contribution is 0.00300. The van der Waals surface area contributed by atoms with Crippen LogP contribution < -0.4 is 5.32 Å². The highest BCUT2D eigenvalue weighted by Gasteiger charge is 2.21. The maximum atomic E-state index is 11.8. The van der Waals surface area contributed by atoms with Crippen LogP contribution in [0.15, 0.2) is 0 Å². The largest absolute Gasteiger partial charge is 0.374 e. The summed E-state index contributed by atoms with van der Waals surface area (Å²) in [5.74, 6) is 0. The first-order valence-electron chi connectivity index (χ1n) is 5.43. The fourth-order valence-corrected chi connectivity index (χ4v) is 1.76. The lowest BCUT2D eigenvalue weighted by Gasteiger charge is -2.37. The van der Waals surface area contributed by atoms with E-state index in [0.717, 1.165) is 19.6 Å². The zero-order valence-electron chi connectivity index (χ0n) is 9.38. The summed E-state index contributed by atoms with van der Waals surface area (Å²) in [6.45, 7) is 6.84. The molecule has 0 saturated carbocycles. The topological polar surface area (TPSA) is 24.5 Å². The summed E-state index contributed by atoms with van der Waals surface area (Å²) in [4.78, 5) is 2.27. The average molecular weight is 222 g/mol. The van der Waals surface area contributed by atoms with Gasteiger partial charge < -0.3 is 10.1 Å². The molecule has 2 atom stereocenters. The zero-order valence-corrected chi connectivity index (χ0v) is 9.38. The lowest BCUT2D eigenvalue weighted by Crippen LogP contribution is -2.54. The quantitative estimate of drug-likeness (QED) is 0.701. The highest BCUT2D eigenvalue weighted by Crippen LogP contribution is 2.05. The predicted molar refractivity (Wildman–Crippen MR) is 55.3 cm³/mol. The van der Waals surface area contributed by atoms with Crippen molar-refractivity contribution in [2.75, 3.05) is 32.8 Å². The Hall–Kier alpha value is -0.260. The Kier molecular flexibility index (Phi) is 5.42. The Labute approximate surface area is 89.8 Å². The number of alkyl halides is 2. The van der Waals surface area contributed by atoms with Crippen molar-refractivity contribution in [1.82, 2.24) is 10.2 Å². The number of ether oxygens (including phenoxy) is 1. The summed E-state index contributed by atoms with van der Waals surface area (Å²) in [7, 11) is 0. The summed E-state index contributed by atoms with van der Waals surface area (Å²) >= 11 is 0. The molecule has 0 radical (unpaired) electrons. The van der Waals surface area contributed by atoms with Crippen molar-refractivity contribution in [3.63, 3.8) is 0 Å². The molecule has 0 bridgehead atoms. The van der Waals surface area contributed by atoms with Crippen LogP contribution in [0.1, 0.15) is 13.8 Å². The number of rotatable bonds is 5. The Morgan fingerprint density at radius 2 is 2.20 bits per heavy atom. The zero-order chi connectivity index (χ0) is 11.3. The van der Waals surface area contributed by atoms with Crippen LogP contribution in [0.5, 0.6) is 0 Å². The maximum Gasteiger partial charge on any atom is 0.261 e. The second kappa shape index (κ2) is 6.35. The first kappa shape index (κ1) is 12.8. The molecule has 2 unspecified atom stereocenters.